The van der Waals surface area contributed by atoms with Crippen molar-refractivity contribution in [2.45, 2.75) is 26.9 Å². The predicted octanol–water partition coefficient (Wildman–Crippen LogP) is 8.55. The third-order valence-electron chi connectivity index (χ3n) is 5.75. The summed E-state index contributed by atoms with van der Waals surface area (Å²) in [6, 6.07) is 32.6. The first-order valence-corrected chi connectivity index (χ1v) is 12.9. The Morgan fingerprint density at radius 2 is 1.50 bits per heavy atom. The van der Waals surface area contributed by atoms with E-state index in [4.69, 9.17) is 16.9 Å². The molecule has 202 valence electrons. The third kappa shape index (κ3) is 11.5. The zero-order valence-corrected chi connectivity index (χ0v) is 27.8. The third-order valence-corrected chi connectivity index (χ3v) is 6.10. The molecule has 0 amide bonds. The summed E-state index contributed by atoms with van der Waals surface area (Å²) in [7, 11) is 1.78. The van der Waals surface area contributed by atoms with Gasteiger partial charge in [-0.15, -0.1) is 6.54 Å². The van der Waals surface area contributed by atoms with E-state index in [1.807, 2.05) is 66.4 Å². The summed E-state index contributed by atoms with van der Waals surface area (Å²) < 4.78 is 14.0. The van der Waals surface area contributed by atoms with E-state index >= 15 is 0 Å². The molecule has 8 heteroatoms. The number of nitrogens with zero attached hydrogens (tertiary/aromatic N) is 5. The van der Waals surface area contributed by atoms with Crippen molar-refractivity contribution in [2.75, 3.05) is 18.5 Å². The molecule has 0 saturated heterocycles. The van der Waals surface area contributed by atoms with Crippen LogP contribution < -0.4 is 4.90 Å². The van der Waals surface area contributed by atoms with E-state index in [1.54, 1.807) is 31.3 Å². The molecular weight excluding hydrogens is 747 g/mol. The van der Waals surface area contributed by atoms with Gasteiger partial charge >= 0.3 is 31.1 Å². The quantitative estimate of drug-likeness (QED) is 0.189. The number of rotatable bonds is 7. The summed E-state index contributed by atoms with van der Waals surface area (Å²) in [5, 5.41) is 16.7. The molecule has 0 N–H and O–H groups in total. The zero-order valence-electron chi connectivity index (χ0n) is 22.9. The molecule has 40 heavy (non-hydrogen) atoms. The van der Waals surface area contributed by atoms with Crippen LogP contribution in [0.25, 0.3) is 10.7 Å². The standard InChI is InChI=1S/C16H14ClFN3.C9H9N2.C7H8.U/c1-11-5-7-12(8-6-11)21(10-16-19-20-16)9-13-14(17)3-2-4-15(13)18;1-11-7-9-4-2-8(6-10)3-5-9;1-7-5-3-2-4-6-7;/h2-8H,9-10H2,1H3;2-5H,7H2,1H3;2-6H,1H3;/q2*-1;;+2. The largest absolute Gasteiger partial charge is 2.00 e. The van der Waals surface area contributed by atoms with Crippen LogP contribution in [0, 0.1) is 62.1 Å². The van der Waals surface area contributed by atoms with Gasteiger partial charge in [-0.05, 0) is 50.2 Å². The predicted molar refractivity (Wildman–Crippen MR) is 160 cm³/mol. The normalized spacial score (nSPS) is 10.7. The maximum Gasteiger partial charge on any atom is 2.00 e. The van der Waals surface area contributed by atoms with Gasteiger partial charge in [0.2, 0.25) is 0 Å². The summed E-state index contributed by atoms with van der Waals surface area (Å²) in [5.74, 6) is 0.470. The van der Waals surface area contributed by atoms with E-state index in [2.05, 4.69) is 41.0 Å². The van der Waals surface area contributed by atoms with Crippen LogP contribution in [0.3, 0.4) is 0 Å². The zero-order chi connectivity index (χ0) is 28.0. The fraction of sp³-hybridized carbons (Fsp3) is 0.188. The molecule has 1 aliphatic heterocycles. The summed E-state index contributed by atoms with van der Waals surface area (Å²) >= 11 is 6.12. The van der Waals surface area contributed by atoms with Gasteiger partial charge in [-0.25, -0.2) is 4.39 Å². The van der Waals surface area contributed by atoms with Crippen molar-refractivity contribution >= 4 is 23.1 Å². The molecule has 5 nitrogen and oxygen atoms in total. The summed E-state index contributed by atoms with van der Waals surface area (Å²) in [5.41, 5.74) is 9.66. The number of aryl methyl sites for hydroxylation is 2. The second-order valence-corrected chi connectivity index (χ2v) is 9.35. The van der Waals surface area contributed by atoms with Gasteiger partial charge in [0, 0.05) is 29.4 Å². The molecule has 1 heterocycles. The van der Waals surface area contributed by atoms with E-state index in [9.17, 15) is 4.39 Å². The van der Waals surface area contributed by atoms with E-state index in [1.165, 1.54) is 17.2 Å². The molecule has 0 spiro atoms. The average molecular weight is 778 g/mol. The van der Waals surface area contributed by atoms with E-state index in [0.717, 1.165) is 23.6 Å². The molecule has 0 atom stereocenters. The summed E-state index contributed by atoms with van der Waals surface area (Å²) in [6.07, 6.45) is 0. The van der Waals surface area contributed by atoms with Gasteiger partial charge in [-0.1, -0.05) is 94.8 Å². The van der Waals surface area contributed by atoms with Crippen molar-refractivity contribution in [2.24, 2.45) is 5.10 Å². The Balaban J connectivity index is 0.000000246. The van der Waals surface area contributed by atoms with Crippen molar-refractivity contribution in [3.05, 3.63) is 146 Å². The Morgan fingerprint density at radius 1 is 0.875 bits per heavy atom. The number of benzene rings is 4. The van der Waals surface area contributed by atoms with Crippen molar-refractivity contribution < 1.29 is 35.5 Å². The minimum atomic E-state index is -0.297. The molecule has 1 aliphatic rings. The first kappa shape index (κ1) is 33.1. The maximum atomic E-state index is 14.0. The number of halogens is 2. The maximum absolute atomic E-state index is 14.0. The SMILES string of the molecule is C[N-]Cc1ccc(C#N)cc1.Cc1ccc(N(CC2=N[N-]2)Cc2c(F)cccc2Cl)cc1.Cc1ccccc1.[U+2]. The van der Waals surface area contributed by atoms with Gasteiger partial charge in [0.05, 0.1) is 11.6 Å². The van der Waals surface area contributed by atoms with Gasteiger partial charge < -0.3 is 20.7 Å². The molecule has 0 fully saturated rings. The van der Waals surface area contributed by atoms with Crippen LogP contribution in [-0.2, 0) is 13.1 Å². The van der Waals surface area contributed by atoms with E-state index in [0.29, 0.717) is 29.2 Å². The molecular formula is C32H31ClFN5U. The molecule has 0 aromatic heterocycles. The van der Waals surface area contributed by atoms with Crippen molar-refractivity contribution in [3.8, 4) is 6.07 Å². The minimum Gasteiger partial charge on any atom is -0.661 e. The second-order valence-electron chi connectivity index (χ2n) is 8.95. The first-order valence-electron chi connectivity index (χ1n) is 12.5. The molecule has 0 unspecified atom stereocenters. The van der Waals surface area contributed by atoms with Gasteiger partial charge in [0.25, 0.3) is 0 Å². The summed E-state index contributed by atoms with van der Waals surface area (Å²) in [4.78, 5) is 2.01. The molecule has 4 aromatic rings. The summed E-state index contributed by atoms with van der Waals surface area (Å²) in [6.45, 7) is 5.77. The van der Waals surface area contributed by atoms with Crippen molar-refractivity contribution in [3.63, 3.8) is 0 Å². The van der Waals surface area contributed by atoms with Crippen LogP contribution in [0.5, 0.6) is 0 Å². The van der Waals surface area contributed by atoms with Gasteiger partial charge in [0.15, 0.2) is 0 Å². The van der Waals surface area contributed by atoms with Gasteiger partial charge in [-0.2, -0.15) is 12.3 Å². The van der Waals surface area contributed by atoms with Crippen molar-refractivity contribution in [1.29, 1.82) is 5.26 Å². The van der Waals surface area contributed by atoms with Crippen LogP contribution in [-0.4, -0.2) is 19.4 Å². The average Bonchev–Trinajstić information content (AvgIpc) is 3.77. The Morgan fingerprint density at radius 3 is 2.00 bits per heavy atom. The number of anilines is 1. The number of hydrogen-bond donors (Lipinski definition) is 0. The molecule has 0 saturated carbocycles. The number of amidine groups is 1. The first-order chi connectivity index (χ1) is 18.9. The van der Waals surface area contributed by atoms with Gasteiger partial charge in [0.1, 0.15) is 5.82 Å². The van der Waals surface area contributed by atoms with Gasteiger partial charge in [-0.3, -0.25) is 0 Å². The molecule has 5 rings (SSSR count). The van der Waals surface area contributed by atoms with Crippen molar-refractivity contribution in [1.82, 2.24) is 0 Å². The fourth-order valence-electron chi connectivity index (χ4n) is 3.54. The Bertz CT molecular complexity index is 1370. The monoisotopic (exact) mass is 777 g/mol. The Labute approximate surface area is 265 Å². The van der Waals surface area contributed by atoms with E-state index in [-0.39, 0.29) is 36.9 Å². The topological polar surface area (TPSA) is 67.6 Å². The molecule has 4 aromatic carbocycles. The molecule has 0 radical (unpaired) electrons. The number of nitriles is 1. The Kier molecular flexibility index (Phi) is 14.5. The fourth-order valence-corrected chi connectivity index (χ4v) is 3.76. The Hall–Kier alpha value is -3.13. The van der Waals surface area contributed by atoms with Crippen LogP contribution >= 0.6 is 11.6 Å². The minimum absolute atomic E-state index is 0. The van der Waals surface area contributed by atoms with Crippen LogP contribution in [0.4, 0.5) is 10.1 Å². The molecule has 0 aliphatic carbocycles. The second kappa shape index (κ2) is 17.5. The molecule has 0 bridgehead atoms. The van der Waals surface area contributed by atoms with Crippen LogP contribution in [0.1, 0.15) is 27.8 Å². The number of hydrogen-bond acceptors (Lipinski definition) is 3. The van der Waals surface area contributed by atoms with Crippen LogP contribution in [0.2, 0.25) is 5.02 Å². The van der Waals surface area contributed by atoms with Crippen LogP contribution in [0.15, 0.2) is 102 Å². The van der Waals surface area contributed by atoms with E-state index < -0.39 is 0 Å². The smallest absolute Gasteiger partial charge is 0.661 e.